The Morgan fingerprint density at radius 2 is 1.24 bits per heavy atom. The van der Waals surface area contributed by atoms with Crippen LogP contribution in [0.15, 0.2) is 66.7 Å². The first kappa shape index (κ1) is 41.9. The van der Waals surface area contributed by atoms with E-state index in [1.807, 2.05) is 0 Å². The van der Waals surface area contributed by atoms with E-state index in [9.17, 15) is 23.1 Å². The number of sulfonamides is 1. The van der Waals surface area contributed by atoms with Gasteiger partial charge in [0, 0.05) is 5.41 Å². The Labute approximate surface area is 310 Å². The minimum atomic E-state index is -3.62. The van der Waals surface area contributed by atoms with Gasteiger partial charge in [-0.1, -0.05) is 147 Å². The van der Waals surface area contributed by atoms with E-state index in [2.05, 4.69) is 17.0 Å². The normalized spacial score (nSPS) is 12.3. The van der Waals surface area contributed by atoms with Crippen LogP contribution in [-0.2, 0) is 19.6 Å². The molecule has 0 aromatic heterocycles. The smallest absolute Gasteiger partial charge is 0.273 e. The van der Waals surface area contributed by atoms with Crippen molar-refractivity contribution in [3.05, 3.63) is 71.8 Å². The number of Topliss-reactive ketones (excluding diaryl/α,β-unsaturated/α-hetero) is 1. The molecule has 1 atom stereocenters. The molecule has 0 aliphatic carbocycles. The average molecular weight is 741 g/mol. The van der Waals surface area contributed by atoms with Gasteiger partial charge in [0.2, 0.25) is 16.1 Å². The molecule has 51 heavy (non-hydrogen) atoms. The molecule has 3 aromatic carbocycles. The molecule has 3 N–H and O–H groups in total. The van der Waals surface area contributed by atoms with Gasteiger partial charge in [0.15, 0.2) is 5.78 Å². The zero-order valence-electron chi connectivity index (χ0n) is 30.8. The van der Waals surface area contributed by atoms with Crippen LogP contribution in [0.5, 0.6) is 11.5 Å². The Morgan fingerprint density at radius 1 is 0.745 bits per heavy atom. The molecule has 8 nitrogen and oxygen atoms in total. The van der Waals surface area contributed by atoms with Crippen molar-refractivity contribution in [1.82, 2.24) is 0 Å². The molecule has 0 aliphatic rings. The van der Waals surface area contributed by atoms with Crippen molar-refractivity contribution < 1.29 is 27.9 Å². The first-order valence-corrected chi connectivity index (χ1v) is 20.5. The van der Waals surface area contributed by atoms with Crippen molar-refractivity contribution in [2.75, 3.05) is 15.8 Å². The number of rotatable bonds is 23. The molecule has 0 fully saturated rings. The van der Waals surface area contributed by atoms with Crippen molar-refractivity contribution >= 4 is 44.7 Å². The summed E-state index contributed by atoms with van der Waals surface area (Å²) in [6.07, 6.45) is 15.1. The minimum Gasteiger partial charge on any atom is -0.508 e. The number of hydrogen-bond acceptors (Lipinski definition) is 6. The summed E-state index contributed by atoms with van der Waals surface area (Å²) in [5, 5.41) is 12.4. The number of ether oxygens (including phenoxy) is 1. The SMILES string of the molecule is CCCCCCCCCCCCCCCCS(=O)(=O)Nc1ccc(Cl)c(NC(=O)C(Oc2ccc(-c3ccc(O)cc3)cc2)C(=O)C(C)(C)C)c1. The Kier molecular flexibility index (Phi) is 17.3. The van der Waals surface area contributed by atoms with Crippen molar-refractivity contribution in [2.45, 2.75) is 124 Å². The molecule has 1 amide bonds. The predicted molar refractivity (Wildman–Crippen MR) is 210 cm³/mol. The molecule has 0 bridgehead atoms. The van der Waals surface area contributed by atoms with Gasteiger partial charge in [-0.25, -0.2) is 8.42 Å². The van der Waals surface area contributed by atoms with Crippen LogP contribution in [0, 0.1) is 5.41 Å². The first-order chi connectivity index (χ1) is 24.3. The van der Waals surface area contributed by atoms with Gasteiger partial charge in [0.1, 0.15) is 11.5 Å². The number of halogens is 1. The number of aromatic hydroxyl groups is 1. The van der Waals surface area contributed by atoms with Gasteiger partial charge in [-0.15, -0.1) is 0 Å². The van der Waals surface area contributed by atoms with Crippen LogP contribution in [0.25, 0.3) is 11.1 Å². The molecule has 280 valence electrons. The molecule has 10 heteroatoms. The largest absolute Gasteiger partial charge is 0.508 e. The second-order valence-corrected chi connectivity index (χ2v) is 16.6. The lowest BCUT2D eigenvalue weighted by Gasteiger charge is -2.25. The number of phenolic OH excluding ortho intramolecular Hbond substituents is 1. The lowest BCUT2D eigenvalue weighted by Crippen LogP contribution is -2.45. The number of nitrogens with one attached hydrogen (secondary N) is 2. The van der Waals surface area contributed by atoms with Gasteiger partial charge in [-0.2, -0.15) is 0 Å². The molecular formula is C41H57ClN2O6S. The molecule has 0 aliphatic heterocycles. The summed E-state index contributed by atoms with van der Waals surface area (Å²) in [4.78, 5) is 27.0. The van der Waals surface area contributed by atoms with Crippen LogP contribution in [0.3, 0.4) is 0 Å². The summed E-state index contributed by atoms with van der Waals surface area (Å²) >= 11 is 6.40. The second-order valence-electron chi connectivity index (χ2n) is 14.4. The number of unbranched alkanes of at least 4 members (excludes halogenated alkanes) is 13. The number of phenols is 1. The molecule has 0 heterocycles. The molecule has 0 radical (unpaired) electrons. The van der Waals surface area contributed by atoms with Crippen LogP contribution in [0.1, 0.15) is 118 Å². The average Bonchev–Trinajstić information content (AvgIpc) is 3.08. The Bertz CT molecular complexity index is 1620. The van der Waals surface area contributed by atoms with Gasteiger partial charge in [-0.3, -0.25) is 14.3 Å². The number of carbonyl (C=O) groups is 2. The van der Waals surface area contributed by atoms with E-state index in [1.54, 1.807) is 69.3 Å². The first-order valence-electron chi connectivity index (χ1n) is 18.5. The second kappa shape index (κ2) is 21.1. The molecule has 1 unspecified atom stereocenters. The van der Waals surface area contributed by atoms with Crippen LogP contribution < -0.4 is 14.8 Å². The topological polar surface area (TPSA) is 122 Å². The van der Waals surface area contributed by atoms with Gasteiger partial charge < -0.3 is 15.2 Å². The van der Waals surface area contributed by atoms with Gasteiger partial charge in [-0.05, 0) is 60.0 Å². The lowest BCUT2D eigenvalue weighted by atomic mass is 9.87. The van der Waals surface area contributed by atoms with Crippen molar-refractivity contribution in [3.8, 4) is 22.6 Å². The number of benzene rings is 3. The minimum absolute atomic E-state index is 0.00309. The highest BCUT2D eigenvalue weighted by atomic mass is 35.5. The van der Waals surface area contributed by atoms with Crippen LogP contribution in [0.2, 0.25) is 5.02 Å². The number of amides is 1. The molecule has 0 saturated carbocycles. The Morgan fingerprint density at radius 3 is 1.75 bits per heavy atom. The molecular weight excluding hydrogens is 684 g/mol. The summed E-state index contributed by atoms with van der Waals surface area (Å²) in [6.45, 7) is 7.35. The summed E-state index contributed by atoms with van der Waals surface area (Å²) in [5.74, 6) is -0.704. The van der Waals surface area contributed by atoms with E-state index in [4.69, 9.17) is 16.3 Å². The van der Waals surface area contributed by atoms with E-state index in [1.165, 1.54) is 82.4 Å². The highest BCUT2D eigenvalue weighted by Crippen LogP contribution is 2.29. The van der Waals surface area contributed by atoms with Gasteiger partial charge in [0.25, 0.3) is 5.91 Å². The zero-order valence-corrected chi connectivity index (χ0v) is 32.4. The molecule has 3 aromatic rings. The number of anilines is 2. The number of carbonyl (C=O) groups excluding carboxylic acids is 2. The zero-order chi connectivity index (χ0) is 37.3. The van der Waals surface area contributed by atoms with Crippen LogP contribution in [-0.4, -0.2) is 37.1 Å². The highest BCUT2D eigenvalue weighted by Gasteiger charge is 2.37. The van der Waals surface area contributed by atoms with E-state index >= 15 is 0 Å². The fraction of sp³-hybridized carbons (Fsp3) is 0.512. The standard InChI is InChI=1S/C41H57ClN2O6S/c1-5-6-7-8-9-10-11-12-13-14-15-16-17-18-29-51(48,49)44-33-23-28-36(42)37(30-33)43-40(47)38(39(46)41(2,3)4)50-35-26-21-32(22-27-35)31-19-24-34(45)25-20-31/h19-28,30,38,44-45H,5-18,29H2,1-4H3,(H,43,47). The van der Waals surface area contributed by atoms with Crippen LogP contribution in [0.4, 0.5) is 11.4 Å². The number of hydrogen-bond donors (Lipinski definition) is 3. The summed E-state index contributed by atoms with van der Waals surface area (Å²) in [7, 11) is -3.62. The maximum atomic E-state index is 13.6. The number of ketones is 1. The molecule has 0 spiro atoms. The summed E-state index contributed by atoms with van der Waals surface area (Å²) in [5.41, 5.74) is 1.24. The van der Waals surface area contributed by atoms with Gasteiger partial charge in [0.05, 0.1) is 22.2 Å². The van der Waals surface area contributed by atoms with E-state index < -0.39 is 33.2 Å². The van der Waals surface area contributed by atoms with Crippen molar-refractivity contribution in [1.29, 1.82) is 0 Å². The Hall–Kier alpha value is -3.56. The van der Waals surface area contributed by atoms with Crippen molar-refractivity contribution in [2.24, 2.45) is 5.41 Å². The monoisotopic (exact) mass is 740 g/mol. The molecule has 0 saturated heterocycles. The van der Waals surface area contributed by atoms with E-state index in [-0.39, 0.29) is 27.9 Å². The maximum Gasteiger partial charge on any atom is 0.273 e. The fourth-order valence-corrected chi connectivity index (χ4v) is 7.07. The predicted octanol–water partition coefficient (Wildman–Crippen LogP) is 10.9. The summed E-state index contributed by atoms with van der Waals surface area (Å²) < 4.78 is 34.3. The maximum absolute atomic E-state index is 13.6. The quantitative estimate of drug-likeness (QED) is 0.0657. The Balaban J connectivity index is 1.51. The lowest BCUT2D eigenvalue weighted by molar-refractivity contribution is -0.140. The third-order valence-corrected chi connectivity index (χ3v) is 10.5. The third-order valence-electron chi connectivity index (χ3n) is 8.79. The fourth-order valence-electron chi connectivity index (χ4n) is 5.74. The van der Waals surface area contributed by atoms with Crippen LogP contribution >= 0.6 is 11.6 Å². The highest BCUT2D eigenvalue weighted by molar-refractivity contribution is 7.92. The van der Waals surface area contributed by atoms with Gasteiger partial charge >= 0.3 is 0 Å². The van der Waals surface area contributed by atoms with E-state index in [0.717, 1.165) is 30.4 Å². The summed E-state index contributed by atoms with van der Waals surface area (Å²) in [6, 6.07) is 18.1. The van der Waals surface area contributed by atoms with E-state index in [0.29, 0.717) is 12.2 Å². The van der Waals surface area contributed by atoms with Crippen molar-refractivity contribution in [3.63, 3.8) is 0 Å². The third kappa shape index (κ3) is 15.3. The molecule has 3 rings (SSSR count).